The third-order valence-electron chi connectivity index (χ3n) is 15.4. The Kier molecular flexibility index (Phi) is 48.1. The van der Waals surface area contributed by atoms with Crippen molar-refractivity contribution in [3.63, 3.8) is 0 Å². The van der Waals surface area contributed by atoms with Crippen LogP contribution in [-0.4, -0.2) is 30.9 Å². The van der Waals surface area contributed by atoms with Crippen LogP contribution in [0.5, 0.6) is 5.75 Å². The van der Waals surface area contributed by atoms with E-state index in [2.05, 4.69) is 43.3 Å². The van der Waals surface area contributed by atoms with Crippen molar-refractivity contribution in [2.45, 2.75) is 334 Å². The summed E-state index contributed by atoms with van der Waals surface area (Å²) in [6.45, 7) is 4.46. The number of unbranched alkanes of at least 4 members (excludes halogenated alkanes) is 48. The van der Waals surface area contributed by atoms with Crippen LogP contribution < -0.4 is 4.74 Å². The molecule has 0 atom stereocenters. The van der Waals surface area contributed by atoms with E-state index in [4.69, 9.17) is 14.3 Å². The molecule has 2 rings (SSSR count). The van der Waals surface area contributed by atoms with E-state index in [1.807, 2.05) is 0 Å². The van der Waals surface area contributed by atoms with Crippen LogP contribution in [0.3, 0.4) is 0 Å². The molecule has 400 valence electrons. The van der Waals surface area contributed by atoms with E-state index in [9.17, 15) is 0 Å². The van der Waals surface area contributed by atoms with Crippen molar-refractivity contribution in [3.05, 3.63) is 42.0 Å². The molecule has 0 aromatic heterocycles. The van der Waals surface area contributed by atoms with E-state index in [1.165, 1.54) is 337 Å². The van der Waals surface area contributed by atoms with Crippen LogP contribution in [0.1, 0.15) is 334 Å². The quantitative estimate of drug-likeness (QED) is 0.0376. The first kappa shape index (κ1) is 63.2. The number of aldehydes is 1. The smallest absolute Gasteiger partial charge is 0.281 e. The second kappa shape index (κ2) is 52.5. The number of carbonyl (C=O) groups excluding carboxylic acids is 1. The van der Waals surface area contributed by atoms with Crippen molar-refractivity contribution in [2.24, 2.45) is 0 Å². The van der Waals surface area contributed by atoms with Gasteiger partial charge in [0, 0.05) is 12.0 Å². The molecule has 0 aliphatic carbocycles. The summed E-state index contributed by atoms with van der Waals surface area (Å²) in [6.07, 6.45) is 72.9. The molecule has 0 radical (unpaired) electrons. The Labute approximate surface area is 431 Å². The molecule has 2 aromatic rings. The Bertz CT molecular complexity index is 1320. The molecule has 0 saturated carbocycles. The van der Waals surface area contributed by atoms with Gasteiger partial charge in [-0.2, -0.15) is 0 Å². The SMILES string of the molecule is CCCCCCCCCCCCc1cccc2c(OCCOCCCCCCCCCCCCCCCCCCCCCCCCCCCCCCCCCCCCCCCCCC=[OH+])cccc12. The zero-order valence-corrected chi connectivity index (χ0v) is 46.5. The average Bonchev–Trinajstić information content (AvgIpc) is 3.37. The number of aryl methyl sites for hydroxylation is 1. The molecular weight excluding hydrogens is 841 g/mol. The lowest BCUT2D eigenvalue weighted by Crippen LogP contribution is -2.07. The molecule has 0 spiro atoms. The maximum Gasteiger partial charge on any atom is 0.281 e. The van der Waals surface area contributed by atoms with Crippen molar-refractivity contribution in [1.82, 2.24) is 0 Å². The molecule has 0 heterocycles. The van der Waals surface area contributed by atoms with E-state index < -0.39 is 0 Å². The molecule has 3 heteroatoms. The van der Waals surface area contributed by atoms with Gasteiger partial charge >= 0.3 is 0 Å². The summed E-state index contributed by atoms with van der Waals surface area (Å²) in [5.41, 5.74) is 1.47. The summed E-state index contributed by atoms with van der Waals surface area (Å²) in [5.74, 6) is 1.00. The van der Waals surface area contributed by atoms with Gasteiger partial charge in [-0.25, -0.2) is 0 Å². The van der Waals surface area contributed by atoms with E-state index in [0.717, 1.165) is 25.2 Å². The molecular formula is C66H119O3+. The number of fused-ring (bicyclic) bond motifs is 1. The third-order valence-corrected chi connectivity index (χ3v) is 15.4. The van der Waals surface area contributed by atoms with Crippen molar-refractivity contribution in [3.8, 4) is 5.75 Å². The zero-order chi connectivity index (χ0) is 48.9. The molecule has 2 aromatic carbocycles. The first-order valence-electron chi connectivity index (χ1n) is 31.5. The monoisotopic (exact) mass is 960 g/mol. The lowest BCUT2D eigenvalue weighted by Gasteiger charge is -2.12. The zero-order valence-electron chi connectivity index (χ0n) is 46.5. The van der Waals surface area contributed by atoms with Crippen molar-refractivity contribution in [1.29, 1.82) is 0 Å². The standard InChI is InChI=1S/C66H118O3/c1-2-3-4-5-6-7-40-43-46-49-54-63-55-52-57-65-64(63)56-53-58-66(65)69-62-61-68-60-51-48-45-42-39-37-35-33-31-29-27-25-23-21-19-17-15-13-11-9-8-10-12-14-16-18-20-22-24-26-28-30-32-34-36-38-41-44-47-50-59-67/h52-53,55-59H,2-51,54,60-62H2,1H3/p+1. The number of ether oxygens (including phenoxy) is 2. The topological polar surface area (TPSA) is 39.9 Å². The molecule has 0 saturated heterocycles. The third kappa shape index (κ3) is 41.3. The summed E-state index contributed by atoms with van der Waals surface area (Å²) in [7, 11) is 0. The molecule has 0 amide bonds. The normalized spacial score (nSPS) is 11.6. The van der Waals surface area contributed by atoms with Crippen LogP contribution in [0.25, 0.3) is 10.8 Å². The summed E-state index contributed by atoms with van der Waals surface area (Å²) < 4.78 is 12.2. The van der Waals surface area contributed by atoms with Gasteiger partial charge < -0.3 is 9.47 Å². The lowest BCUT2D eigenvalue weighted by atomic mass is 9.98. The van der Waals surface area contributed by atoms with Crippen molar-refractivity contribution >= 4 is 17.1 Å². The van der Waals surface area contributed by atoms with Crippen LogP contribution in [0.15, 0.2) is 36.4 Å². The van der Waals surface area contributed by atoms with Gasteiger partial charge in [-0.1, -0.05) is 333 Å². The highest BCUT2D eigenvalue weighted by Gasteiger charge is 2.07. The van der Waals surface area contributed by atoms with Gasteiger partial charge in [0.05, 0.1) is 13.0 Å². The maximum absolute atomic E-state index is 8.71. The van der Waals surface area contributed by atoms with E-state index >= 15 is 0 Å². The predicted molar refractivity (Wildman–Crippen MR) is 308 cm³/mol. The highest BCUT2D eigenvalue weighted by atomic mass is 16.5. The molecule has 0 bridgehead atoms. The highest BCUT2D eigenvalue weighted by Crippen LogP contribution is 2.29. The van der Waals surface area contributed by atoms with E-state index in [0.29, 0.717) is 13.2 Å². The summed E-state index contributed by atoms with van der Waals surface area (Å²) >= 11 is 0. The fourth-order valence-corrected chi connectivity index (χ4v) is 10.8. The Morgan fingerprint density at radius 2 is 0.638 bits per heavy atom. The Morgan fingerprint density at radius 3 is 1.01 bits per heavy atom. The predicted octanol–water partition coefficient (Wildman–Crippen LogP) is 22.5. The first-order valence-corrected chi connectivity index (χ1v) is 31.5. The number of benzene rings is 2. The van der Waals surface area contributed by atoms with Gasteiger partial charge in [0.15, 0.2) is 0 Å². The van der Waals surface area contributed by atoms with Gasteiger partial charge in [-0.05, 0) is 42.7 Å². The van der Waals surface area contributed by atoms with Crippen molar-refractivity contribution < 1.29 is 14.3 Å². The molecule has 1 N–H and O–H groups in total. The number of hydrogen-bond acceptors (Lipinski definition) is 2. The minimum absolute atomic E-state index is 0.624. The largest absolute Gasteiger partial charge is 0.491 e. The second-order valence-corrected chi connectivity index (χ2v) is 21.9. The van der Waals surface area contributed by atoms with Crippen LogP contribution in [-0.2, 0) is 11.2 Å². The van der Waals surface area contributed by atoms with Gasteiger partial charge in [0.25, 0.3) is 6.29 Å². The summed E-state index contributed by atoms with van der Waals surface area (Å²) in [4.78, 5) is 8.71. The average molecular weight is 961 g/mol. The van der Waals surface area contributed by atoms with Gasteiger partial charge in [0.2, 0.25) is 0 Å². The number of hydrogen-bond donors (Lipinski definition) is 0. The van der Waals surface area contributed by atoms with Gasteiger partial charge in [-0.3, -0.25) is 4.79 Å². The Hall–Kier alpha value is -1.87. The molecule has 0 unspecified atom stereocenters. The van der Waals surface area contributed by atoms with Crippen LogP contribution in [0, 0.1) is 0 Å². The minimum atomic E-state index is 0.624. The summed E-state index contributed by atoms with van der Waals surface area (Å²) in [5, 5.41) is 2.61. The minimum Gasteiger partial charge on any atom is -0.491 e. The number of rotatable bonds is 57. The lowest BCUT2D eigenvalue weighted by molar-refractivity contribution is 0.0975. The Morgan fingerprint density at radius 1 is 0.319 bits per heavy atom. The van der Waals surface area contributed by atoms with E-state index in [1.54, 1.807) is 0 Å². The first-order chi connectivity index (χ1) is 34.4. The molecule has 69 heavy (non-hydrogen) atoms. The summed E-state index contributed by atoms with van der Waals surface area (Å²) in [6, 6.07) is 13.3. The van der Waals surface area contributed by atoms with Crippen LogP contribution >= 0.6 is 0 Å². The Balaban J connectivity index is 1.21. The molecule has 0 fully saturated rings. The molecule has 0 aliphatic rings. The van der Waals surface area contributed by atoms with Gasteiger partial charge in [-0.15, -0.1) is 0 Å². The highest BCUT2D eigenvalue weighted by molar-refractivity contribution is 5.91. The van der Waals surface area contributed by atoms with Crippen LogP contribution in [0.2, 0.25) is 0 Å². The molecule has 0 aliphatic heterocycles. The second-order valence-electron chi connectivity index (χ2n) is 21.9. The van der Waals surface area contributed by atoms with E-state index in [-0.39, 0.29) is 0 Å². The fourth-order valence-electron chi connectivity index (χ4n) is 10.8. The van der Waals surface area contributed by atoms with Crippen molar-refractivity contribution in [2.75, 3.05) is 19.8 Å². The van der Waals surface area contributed by atoms with Gasteiger partial charge in [0.1, 0.15) is 12.4 Å². The fraction of sp³-hybridized carbons (Fsp3) is 0.833. The van der Waals surface area contributed by atoms with Crippen LogP contribution in [0.4, 0.5) is 0 Å². The molecule has 3 nitrogen and oxygen atoms in total. The maximum atomic E-state index is 8.71.